The van der Waals surface area contributed by atoms with E-state index in [1.165, 1.54) is 21.6 Å². The van der Waals surface area contributed by atoms with Crippen molar-refractivity contribution in [3.05, 3.63) is 131 Å². The maximum absolute atomic E-state index is 5.32. The highest BCUT2D eigenvalue weighted by molar-refractivity contribution is 8.76. The summed E-state index contributed by atoms with van der Waals surface area (Å²) in [7, 11) is 6.36. The van der Waals surface area contributed by atoms with Crippen LogP contribution < -0.4 is 9.47 Å². The molecule has 0 fully saturated rings. The molecule has 4 heterocycles. The van der Waals surface area contributed by atoms with Gasteiger partial charge in [0.15, 0.2) is 0 Å². The lowest BCUT2D eigenvalue weighted by atomic mass is 10.1. The second-order valence-corrected chi connectivity index (χ2v) is 15.4. The van der Waals surface area contributed by atoms with Gasteiger partial charge in [-0.1, -0.05) is 48.5 Å². The smallest absolute Gasteiger partial charge is 0.209 e. The predicted molar refractivity (Wildman–Crippen MR) is 216 cm³/mol. The molecule has 4 aromatic carbocycles. The van der Waals surface area contributed by atoms with Gasteiger partial charge >= 0.3 is 0 Å². The third kappa shape index (κ3) is 7.65. The number of aryl methyl sites for hydroxylation is 4. The van der Waals surface area contributed by atoms with Crippen molar-refractivity contribution >= 4 is 21.6 Å². The molecule has 0 atom stereocenters. The van der Waals surface area contributed by atoms with E-state index >= 15 is 0 Å². The Morgan fingerprint density at radius 2 is 0.946 bits per heavy atom. The van der Waals surface area contributed by atoms with Crippen LogP contribution in [0.3, 0.4) is 0 Å². The molecule has 8 rings (SSSR count). The molecule has 56 heavy (non-hydrogen) atoms. The minimum absolute atomic E-state index is 0.448. The van der Waals surface area contributed by atoms with Crippen molar-refractivity contribution in [2.75, 3.05) is 14.2 Å². The number of aromatic nitrogens is 12. The van der Waals surface area contributed by atoms with E-state index in [1.807, 2.05) is 57.9 Å². The van der Waals surface area contributed by atoms with Gasteiger partial charge in [-0.15, -0.1) is 20.4 Å². The molecule has 0 bridgehead atoms. The molecule has 0 radical (unpaired) electrons. The summed E-state index contributed by atoms with van der Waals surface area (Å²) in [5, 5.41) is 38.8. The molecule has 0 aliphatic rings. The maximum atomic E-state index is 5.32. The summed E-state index contributed by atoms with van der Waals surface area (Å²) in [5.41, 5.74) is 9.83. The van der Waals surface area contributed by atoms with Crippen LogP contribution in [0.25, 0.3) is 34.2 Å². The Kier molecular flexibility index (Phi) is 10.4. The van der Waals surface area contributed by atoms with Gasteiger partial charge < -0.3 is 9.47 Å². The molecule has 0 unspecified atom stereocenters. The topological polar surface area (TPSA) is 141 Å². The van der Waals surface area contributed by atoms with E-state index in [4.69, 9.17) is 29.9 Å². The number of methoxy groups -OCH3 is 2. The summed E-state index contributed by atoms with van der Waals surface area (Å²) in [5.74, 6) is 2.50. The Morgan fingerprint density at radius 1 is 0.536 bits per heavy atom. The molecular weight excluding hydrogens is 745 g/mol. The maximum Gasteiger partial charge on any atom is 0.209 e. The van der Waals surface area contributed by atoms with Crippen molar-refractivity contribution < 1.29 is 9.47 Å². The van der Waals surface area contributed by atoms with Gasteiger partial charge in [-0.2, -0.15) is 19.8 Å². The van der Waals surface area contributed by atoms with Gasteiger partial charge in [-0.25, -0.2) is 9.36 Å². The molecule has 14 nitrogen and oxygen atoms in total. The largest absolute Gasteiger partial charge is 0.497 e. The molecule has 4 aromatic heterocycles. The van der Waals surface area contributed by atoms with Crippen molar-refractivity contribution in [1.29, 1.82) is 0 Å². The van der Waals surface area contributed by atoms with Crippen molar-refractivity contribution in [2.45, 2.75) is 50.8 Å². The zero-order chi connectivity index (χ0) is 38.8. The minimum atomic E-state index is 0.448. The van der Waals surface area contributed by atoms with E-state index in [9.17, 15) is 0 Å². The van der Waals surface area contributed by atoms with Gasteiger partial charge in [-0.3, -0.25) is 0 Å². The van der Waals surface area contributed by atoms with Gasteiger partial charge in [0, 0.05) is 0 Å². The average Bonchev–Trinajstić information content (AvgIpc) is 4.03. The number of tetrazole rings is 2. The summed E-state index contributed by atoms with van der Waals surface area (Å²) in [6.45, 7) is 9.20. The second-order valence-electron chi connectivity index (χ2n) is 13.3. The summed E-state index contributed by atoms with van der Waals surface area (Å²) >= 11 is 0. The Bertz CT molecular complexity index is 2450. The van der Waals surface area contributed by atoms with Crippen LogP contribution in [-0.2, 0) is 13.1 Å². The highest BCUT2D eigenvalue weighted by atomic mass is 33.1. The van der Waals surface area contributed by atoms with Crippen LogP contribution in [0, 0.1) is 27.7 Å². The second kappa shape index (κ2) is 15.8. The number of rotatable bonds is 13. The van der Waals surface area contributed by atoms with Crippen LogP contribution in [0.2, 0.25) is 0 Å². The normalized spacial score (nSPS) is 11.3. The van der Waals surface area contributed by atoms with Gasteiger partial charge in [0.25, 0.3) is 0 Å². The average molecular weight is 783 g/mol. The zero-order valence-electron chi connectivity index (χ0n) is 31.7. The molecule has 16 heteroatoms. The zero-order valence-corrected chi connectivity index (χ0v) is 33.3. The van der Waals surface area contributed by atoms with Crippen molar-refractivity contribution in [3.8, 4) is 45.6 Å². The first kappa shape index (κ1) is 36.7. The van der Waals surface area contributed by atoms with E-state index in [1.54, 1.807) is 36.2 Å². The molecule has 0 N–H and O–H groups in total. The summed E-state index contributed by atoms with van der Waals surface area (Å²) in [6.07, 6.45) is 3.60. The summed E-state index contributed by atoms with van der Waals surface area (Å²) in [6, 6.07) is 28.3. The molecule has 0 aliphatic heterocycles. The Morgan fingerprint density at radius 3 is 1.34 bits per heavy atom. The highest BCUT2D eigenvalue weighted by Gasteiger charge is 2.25. The number of nitrogens with zero attached hydrogens (tertiary/aromatic N) is 12. The predicted octanol–water partition coefficient (Wildman–Crippen LogP) is 7.51. The molecule has 282 valence electrons. The number of ether oxygens (including phenoxy) is 2. The molecule has 0 saturated carbocycles. The van der Waals surface area contributed by atoms with Gasteiger partial charge in [-0.05, 0) is 129 Å². The van der Waals surface area contributed by atoms with E-state index in [0.717, 1.165) is 77.4 Å². The van der Waals surface area contributed by atoms with Gasteiger partial charge in [0.2, 0.25) is 11.6 Å². The number of benzene rings is 4. The Balaban J connectivity index is 1.17. The lowest BCUT2D eigenvalue weighted by molar-refractivity contribution is 0.414. The van der Waals surface area contributed by atoms with Crippen LogP contribution in [0.1, 0.15) is 33.4 Å². The highest BCUT2D eigenvalue weighted by Crippen LogP contribution is 2.46. The fourth-order valence-electron chi connectivity index (χ4n) is 6.08. The van der Waals surface area contributed by atoms with Crippen LogP contribution in [0.5, 0.6) is 11.5 Å². The fraction of sp³-hybridized carbons (Fsp3) is 0.200. The first-order valence-corrected chi connectivity index (χ1v) is 19.9. The summed E-state index contributed by atoms with van der Waals surface area (Å²) < 4.78 is 14.5. The lowest BCUT2D eigenvalue weighted by Crippen LogP contribution is -2.04. The van der Waals surface area contributed by atoms with Crippen molar-refractivity contribution in [3.63, 3.8) is 0 Å². The minimum Gasteiger partial charge on any atom is -0.497 e. The van der Waals surface area contributed by atoms with Gasteiger partial charge in [0.1, 0.15) is 21.6 Å². The van der Waals surface area contributed by atoms with E-state index < -0.39 is 0 Å². The molecular formula is C40H38N12O2S2. The summed E-state index contributed by atoms with van der Waals surface area (Å²) in [4.78, 5) is 3.17. The first-order valence-electron chi connectivity index (χ1n) is 17.7. The van der Waals surface area contributed by atoms with E-state index in [0.29, 0.717) is 24.7 Å². The first-order chi connectivity index (χ1) is 27.3. The van der Waals surface area contributed by atoms with Crippen LogP contribution >= 0.6 is 21.6 Å². The fourth-order valence-corrected chi connectivity index (χ4v) is 8.58. The molecule has 0 spiro atoms. The van der Waals surface area contributed by atoms with Crippen molar-refractivity contribution in [2.24, 2.45) is 0 Å². The van der Waals surface area contributed by atoms with Gasteiger partial charge in [0.05, 0.1) is 62.2 Å². The third-order valence-corrected chi connectivity index (χ3v) is 11.6. The van der Waals surface area contributed by atoms with Crippen molar-refractivity contribution in [1.82, 2.24) is 60.0 Å². The quantitative estimate of drug-likeness (QED) is 0.107. The van der Waals surface area contributed by atoms with Crippen LogP contribution in [0.4, 0.5) is 0 Å². The number of hydrogen-bond donors (Lipinski definition) is 0. The SMILES string of the molecule is COc1ccc(Cn2nnc(-c3cnn(-c4cc(C)ccc4C)c3SSc3c(-c4nnn(Cc5ccc(OC)cc5)n4)cnn3-c3cc(C)ccc3C)n2)cc1. The van der Waals surface area contributed by atoms with Crippen LogP contribution in [0.15, 0.2) is 107 Å². The lowest BCUT2D eigenvalue weighted by Gasteiger charge is -2.14. The monoisotopic (exact) mass is 782 g/mol. The standard InChI is InChI=1S/C40H38N12O2S2/c1-25-7-9-27(3)35(19-25)51-39(33(21-41-51)37-43-47-49(45-37)23-29-11-15-31(53-5)16-12-29)55-56-40-34(22-42-52(40)36-20-26(2)8-10-28(36)4)38-44-48-50(46-38)24-30-13-17-32(54-6)18-14-30/h7-22H,23-24H2,1-6H3. The molecule has 0 aliphatic carbocycles. The number of hydrogen-bond acceptors (Lipinski definition) is 12. The Labute approximate surface area is 331 Å². The van der Waals surface area contributed by atoms with E-state index in [2.05, 4.69) is 84.7 Å². The van der Waals surface area contributed by atoms with Crippen LogP contribution in [-0.4, -0.2) is 74.2 Å². The van der Waals surface area contributed by atoms with E-state index in [-0.39, 0.29) is 0 Å². The molecule has 0 saturated heterocycles. The molecule has 0 amide bonds. The Hall–Kier alpha value is -6.26. The molecule has 8 aromatic rings. The third-order valence-electron chi connectivity index (χ3n) is 9.19.